The predicted octanol–water partition coefficient (Wildman–Crippen LogP) is 3.61. The van der Waals surface area contributed by atoms with Crippen LogP contribution in [0.3, 0.4) is 0 Å². The van der Waals surface area contributed by atoms with Crippen LogP contribution in [-0.4, -0.2) is 79.4 Å². The van der Waals surface area contributed by atoms with Crippen molar-refractivity contribution in [3.05, 3.63) is 30.3 Å². The Balaban J connectivity index is 0.00000320. The molecule has 2 unspecified atom stereocenters. The van der Waals surface area contributed by atoms with E-state index in [1.165, 1.54) is 0 Å². The van der Waals surface area contributed by atoms with E-state index in [2.05, 4.69) is 47.8 Å². The molecule has 2 heterocycles. The molecular formula is C23H39IN4O2. The van der Waals surface area contributed by atoms with Gasteiger partial charge in [-0.2, -0.15) is 0 Å². The zero-order valence-corrected chi connectivity index (χ0v) is 21.5. The summed E-state index contributed by atoms with van der Waals surface area (Å²) in [4.78, 5) is 9.43. The Morgan fingerprint density at radius 3 is 2.30 bits per heavy atom. The van der Waals surface area contributed by atoms with Crippen molar-refractivity contribution in [2.75, 3.05) is 39.8 Å². The molecule has 0 amide bonds. The van der Waals surface area contributed by atoms with Crippen molar-refractivity contribution in [1.82, 2.24) is 15.1 Å². The van der Waals surface area contributed by atoms with E-state index in [1.807, 2.05) is 37.4 Å². The van der Waals surface area contributed by atoms with Gasteiger partial charge < -0.3 is 19.7 Å². The molecular weight excluding hydrogens is 491 g/mol. The first-order chi connectivity index (χ1) is 13.9. The van der Waals surface area contributed by atoms with Crippen LogP contribution < -0.4 is 10.1 Å². The number of hydrogen-bond donors (Lipinski definition) is 1. The zero-order chi connectivity index (χ0) is 20.9. The summed E-state index contributed by atoms with van der Waals surface area (Å²) in [6.07, 6.45) is 2.86. The molecule has 2 fully saturated rings. The number of para-hydroxylation sites is 1. The second kappa shape index (κ2) is 11.5. The number of halogens is 1. The van der Waals surface area contributed by atoms with Crippen LogP contribution in [0.1, 0.15) is 40.5 Å². The molecule has 2 aliphatic rings. The summed E-state index contributed by atoms with van der Waals surface area (Å²) >= 11 is 0. The van der Waals surface area contributed by atoms with Crippen molar-refractivity contribution in [2.24, 2.45) is 4.99 Å². The van der Waals surface area contributed by atoms with Gasteiger partial charge in [0.25, 0.3) is 0 Å². The van der Waals surface area contributed by atoms with Crippen LogP contribution in [0, 0.1) is 0 Å². The van der Waals surface area contributed by atoms with Gasteiger partial charge in [0.05, 0.1) is 12.2 Å². The molecule has 6 nitrogen and oxygen atoms in total. The van der Waals surface area contributed by atoms with Gasteiger partial charge in [-0.15, -0.1) is 24.0 Å². The molecule has 0 spiro atoms. The van der Waals surface area contributed by atoms with E-state index < -0.39 is 0 Å². The molecule has 3 rings (SSSR count). The van der Waals surface area contributed by atoms with Gasteiger partial charge in [0.2, 0.25) is 0 Å². The number of aliphatic imine (C=N–C) groups is 1. The Bertz CT molecular complexity index is 652. The summed E-state index contributed by atoms with van der Waals surface area (Å²) in [6.45, 7) is 13.7. The maximum Gasteiger partial charge on any atom is 0.193 e. The molecule has 1 N–H and O–H groups in total. The largest absolute Gasteiger partial charge is 0.490 e. The van der Waals surface area contributed by atoms with E-state index in [4.69, 9.17) is 9.47 Å². The van der Waals surface area contributed by atoms with Gasteiger partial charge in [-0.1, -0.05) is 18.2 Å². The van der Waals surface area contributed by atoms with E-state index in [0.717, 1.165) is 57.3 Å². The third-order valence-corrected chi connectivity index (χ3v) is 5.95. The van der Waals surface area contributed by atoms with Gasteiger partial charge in [0, 0.05) is 58.2 Å². The molecule has 0 bridgehead atoms. The standard InChI is InChI=1S/C23H38N4O2.HI/c1-18-15-27(16-19(2)28-18)23(3,4)17-25-22(24-5)26-13-11-21(12-14-26)29-20-9-7-6-8-10-20;/h6-10,18-19,21H,11-17H2,1-5H3,(H,24,25);1H. The summed E-state index contributed by atoms with van der Waals surface area (Å²) < 4.78 is 12.0. The third kappa shape index (κ3) is 6.99. The second-order valence-corrected chi connectivity index (χ2v) is 8.99. The molecule has 1 aromatic rings. The first kappa shape index (κ1) is 25.2. The smallest absolute Gasteiger partial charge is 0.193 e. The van der Waals surface area contributed by atoms with Crippen molar-refractivity contribution < 1.29 is 9.47 Å². The fourth-order valence-corrected chi connectivity index (χ4v) is 4.29. The Morgan fingerprint density at radius 2 is 1.73 bits per heavy atom. The molecule has 2 atom stereocenters. The van der Waals surface area contributed by atoms with Crippen LogP contribution >= 0.6 is 24.0 Å². The molecule has 1 aromatic carbocycles. The second-order valence-electron chi connectivity index (χ2n) is 8.99. The van der Waals surface area contributed by atoms with Crippen LogP contribution in [0.5, 0.6) is 5.75 Å². The molecule has 170 valence electrons. The fourth-order valence-electron chi connectivity index (χ4n) is 4.29. The first-order valence-corrected chi connectivity index (χ1v) is 10.9. The fraction of sp³-hybridized carbons (Fsp3) is 0.696. The Kier molecular flexibility index (Phi) is 9.68. The lowest BCUT2D eigenvalue weighted by Crippen LogP contribution is -2.60. The van der Waals surface area contributed by atoms with Crippen molar-refractivity contribution >= 4 is 29.9 Å². The molecule has 0 saturated carbocycles. The number of guanidine groups is 1. The molecule has 30 heavy (non-hydrogen) atoms. The SMILES string of the molecule is CN=C(NCC(C)(C)N1CC(C)OC(C)C1)N1CCC(Oc2ccccc2)CC1.I. The van der Waals surface area contributed by atoms with Gasteiger partial charge in [-0.3, -0.25) is 9.89 Å². The van der Waals surface area contributed by atoms with Crippen LogP contribution in [0.4, 0.5) is 0 Å². The number of hydrogen-bond acceptors (Lipinski definition) is 4. The van der Waals surface area contributed by atoms with Crippen LogP contribution in [-0.2, 0) is 4.74 Å². The van der Waals surface area contributed by atoms with Crippen molar-refractivity contribution in [2.45, 2.75) is 64.4 Å². The maximum absolute atomic E-state index is 6.13. The lowest BCUT2D eigenvalue weighted by Gasteiger charge is -2.45. The number of rotatable bonds is 5. The van der Waals surface area contributed by atoms with E-state index in [-0.39, 0.29) is 47.8 Å². The van der Waals surface area contributed by atoms with E-state index >= 15 is 0 Å². The van der Waals surface area contributed by atoms with Crippen LogP contribution in [0.15, 0.2) is 35.3 Å². The number of nitrogens with zero attached hydrogens (tertiary/aromatic N) is 3. The predicted molar refractivity (Wildman–Crippen MR) is 134 cm³/mol. The average molecular weight is 530 g/mol. The van der Waals surface area contributed by atoms with Crippen molar-refractivity contribution in [1.29, 1.82) is 0 Å². The molecule has 0 aliphatic carbocycles. The number of piperidine rings is 1. The minimum Gasteiger partial charge on any atom is -0.490 e. The summed E-state index contributed by atoms with van der Waals surface area (Å²) in [5.74, 6) is 1.95. The Morgan fingerprint density at radius 1 is 1.13 bits per heavy atom. The third-order valence-electron chi connectivity index (χ3n) is 5.95. The minimum absolute atomic E-state index is 0. The normalized spacial score (nSPS) is 24.3. The number of benzene rings is 1. The highest BCUT2D eigenvalue weighted by Crippen LogP contribution is 2.22. The molecule has 0 radical (unpaired) electrons. The van der Waals surface area contributed by atoms with Crippen LogP contribution in [0.25, 0.3) is 0 Å². The molecule has 0 aromatic heterocycles. The molecule has 2 aliphatic heterocycles. The lowest BCUT2D eigenvalue weighted by molar-refractivity contribution is -0.0947. The van der Waals surface area contributed by atoms with E-state index in [1.54, 1.807) is 0 Å². The summed E-state index contributed by atoms with van der Waals surface area (Å²) in [5.41, 5.74) is 0.0387. The number of likely N-dealkylation sites (tertiary alicyclic amines) is 1. The van der Waals surface area contributed by atoms with Gasteiger partial charge in [0.15, 0.2) is 5.96 Å². The number of nitrogens with one attached hydrogen (secondary N) is 1. The van der Waals surface area contributed by atoms with Crippen molar-refractivity contribution in [3.8, 4) is 5.75 Å². The topological polar surface area (TPSA) is 49.3 Å². The van der Waals surface area contributed by atoms with Gasteiger partial charge in [-0.25, -0.2) is 0 Å². The highest BCUT2D eigenvalue weighted by molar-refractivity contribution is 14.0. The zero-order valence-electron chi connectivity index (χ0n) is 19.1. The first-order valence-electron chi connectivity index (χ1n) is 10.9. The molecule has 2 saturated heterocycles. The Hall–Kier alpha value is -1.06. The minimum atomic E-state index is 0. The summed E-state index contributed by atoms with van der Waals surface area (Å²) in [7, 11) is 1.88. The van der Waals surface area contributed by atoms with Gasteiger partial charge >= 0.3 is 0 Å². The van der Waals surface area contributed by atoms with Crippen molar-refractivity contribution in [3.63, 3.8) is 0 Å². The number of morpholine rings is 1. The maximum atomic E-state index is 6.13. The van der Waals surface area contributed by atoms with E-state index in [9.17, 15) is 0 Å². The Labute approximate surface area is 199 Å². The quantitative estimate of drug-likeness (QED) is 0.358. The van der Waals surface area contributed by atoms with E-state index in [0.29, 0.717) is 0 Å². The highest BCUT2D eigenvalue weighted by atomic mass is 127. The number of ether oxygens (including phenoxy) is 2. The monoisotopic (exact) mass is 530 g/mol. The highest BCUT2D eigenvalue weighted by Gasteiger charge is 2.33. The average Bonchev–Trinajstić information content (AvgIpc) is 2.69. The summed E-state index contributed by atoms with van der Waals surface area (Å²) in [5, 5.41) is 3.62. The van der Waals surface area contributed by atoms with Crippen LogP contribution in [0.2, 0.25) is 0 Å². The lowest BCUT2D eigenvalue weighted by atomic mass is 10.00. The van der Waals surface area contributed by atoms with Gasteiger partial charge in [0.1, 0.15) is 11.9 Å². The summed E-state index contributed by atoms with van der Waals surface area (Å²) in [6, 6.07) is 10.1. The van der Waals surface area contributed by atoms with Gasteiger partial charge in [-0.05, 0) is 39.8 Å². The molecule has 7 heteroatoms.